The third-order valence-electron chi connectivity index (χ3n) is 5.22. The minimum absolute atomic E-state index is 0.0102. The molecule has 24 heavy (non-hydrogen) atoms. The predicted molar refractivity (Wildman–Crippen MR) is 94.8 cm³/mol. The van der Waals surface area contributed by atoms with Gasteiger partial charge in [-0.2, -0.15) is 0 Å². The van der Waals surface area contributed by atoms with Crippen LogP contribution in [0.4, 0.5) is 5.69 Å². The first-order chi connectivity index (χ1) is 11.6. The zero-order valence-electron chi connectivity index (χ0n) is 14.2. The summed E-state index contributed by atoms with van der Waals surface area (Å²) < 4.78 is 0. The number of anilines is 1. The summed E-state index contributed by atoms with van der Waals surface area (Å²) in [4.78, 5) is 26.4. The molecular formula is C19H27N3O2. The van der Waals surface area contributed by atoms with Crippen LogP contribution in [0.5, 0.6) is 0 Å². The summed E-state index contributed by atoms with van der Waals surface area (Å²) in [6, 6.07) is 7.35. The molecule has 0 radical (unpaired) electrons. The van der Waals surface area contributed by atoms with Crippen LogP contribution < -0.4 is 11.1 Å². The number of nitrogens with zero attached hydrogens (tertiary/aromatic N) is 1. The first-order valence-corrected chi connectivity index (χ1v) is 9.08. The van der Waals surface area contributed by atoms with E-state index in [4.69, 9.17) is 5.73 Å². The molecule has 2 aliphatic rings. The molecule has 0 spiro atoms. The Morgan fingerprint density at radius 3 is 2.38 bits per heavy atom. The molecule has 2 unspecified atom stereocenters. The molecule has 1 aliphatic heterocycles. The summed E-state index contributed by atoms with van der Waals surface area (Å²) >= 11 is 0. The van der Waals surface area contributed by atoms with E-state index in [0.717, 1.165) is 44.5 Å². The molecule has 2 atom stereocenters. The van der Waals surface area contributed by atoms with Crippen molar-refractivity contribution in [2.45, 2.75) is 51.0 Å². The highest BCUT2D eigenvalue weighted by Gasteiger charge is 2.24. The fraction of sp³-hybridized carbons (Fsp3) is 0.579. The number of rotatable bonds is 4. The number of carbonyl (C=O) groups is 2. The van der Waals surface area contributed by atoms with Gasteiger partial charge in [-0.15, -0.1) is 0 Å². The van der Waals surface area contributed by atoms with Crippen LogP contribution in [0.2, 0.25) is 0 Å². The van der Waals surface area contributed by atoms with E-state index in [1.807, 2.05) is 17.0 Å². The van der Waals surface area contributed by atoms with Gasteiger partial charge in [0.05, 0.1) is 0 Å². The average molecular weight is 329 g/mol. The number of carbonyl (C=O) groups excluding carboxylic acids is 2. The highest BCUT2D eigenvalue weighted by atomic mass is 16.2. The predicted octanol–water partition coefficient (Wildman–Crippen LogP) is 2.77. The lowest BCUT2D eigenvalue weighted by molar-refractivity contribution is -0.117. The first kappa shape index (κ1) is 17.0. The van der Waals surface area contributed by atoms with Gasteiger partial charge in [0.15, 0.2) is 0 Å². The number of nitrogens with one attached hydrogen (secondary N) is 1. The second-order valence-corrected chi connectivity index (χ2v) is 7.04. The Balaban J connectivity index is 1.53. The summed E-state index contributed by atoms with van der Waals surface area (Å²) in [7, 11) is 0. The molecule has 3 rings (SSSR count). The second-order valence-electron chi connectivity index (χ2n) is 7.04. The first-order valence-electron chi connectivity index (χ1n) is 9.08. The summed E-state index contributed by atoms with van der Waals surface area (Å²) in [6.45, 7) is 1.69. The largest absolute Gasteiger partial charge is 0.339 e. The lowest BCUT2D eigenvalue weighted by Crippen LogP contribution is -2.35. The molecule has 1 saturated carbocycles. The number of nitrogens with two attached hydrogens (primary N) is 1. The quantitative estimate of drug-likeness (QED) is 0.892. The van der Waals surface area contributed by atoms with Crippen LogP contribution in [0.25, 0.3) is 0 Å². The smallest absolute Gasteiger partial charge is 0.253 e. The molecule has 1 aliphatic carbocycles. The van der Waals surface area contributed by atoms with Crippen LogP contribution in [-0.4, -0.2) is 35.8 Å². The van der Waals surface area contributed by atoms with Gasteiger partial charge in [-0.25, -0.2) is 0 Å². The lowest BCUT2D eigenvalue weighted by atomic mass is 9.83. The summed E-state index contributed by atoms with van der Waals surface area (Å²) in [5.74, 6) is 0.379. The molecule has 2 fully saturated rings. The van der Waals surface area contributed by atoms with Crippen LogP contribution >= 0.6 is 0 Å². The maximum Gasteiger partial charge on any atom is 0.253 e. The van der Waals surface area contributed by atoms with Crippen molar-refractivity contribution >= 4 is 17.5 Å². The maximum atomic E-state index is 12.3. The molecular weight excluding hydrogens is 302 g/mol. The van der Waals surface area contributed by atoms with Crippen LogP contribution in [0.15, 0.2) is 24.3 Å². The van der Waals surface area contributed by atoms with E-state index >= 15 is 0 Å². The highest BCUT2D eigenvalue weighted by Crippen LogP contribution is 2.26. The molecule has 1 saturated heterocycles. The van der Waals surface area contributed by atoms with E-state index < -0.39 is 0 Å². The van der Waals surface area contributed by atoms with Crippen LogP contribution in [0, 0.1) is 5.92 Å². The third-order valence-corrected chi connectivity index (χ3v) is 5.22. The van der Waals surface area contributed by atoms with Crippen molar-refractivity contribution < 1.29 is 9.59 Å². The third kappa shape index (κ3) is 4.15. The van der Waals surface area contributed by atoms with Gasteiger partial charge >= 0.3 is 0 Å². The number of benzene rings is 1. The van der Waals surface area contributed by atoms with E-state index in [-0.39, 0.29) is 23.8 Å². The lowest BCUT2D eigenvalue weighted by Gasteiger charge is -2.27. The van der Waals surface area contributed by atoms with Gasteiger partial charge in [-0.1, -0.05) is 12.8 Å². The molecule has 5 nitrogen and oxygen atoms in total. The van der Waals surface area contributed by atoms with E-state index in [9.17, 15) is 9.59 Å². The molecule has 0 bridgehead atoms. The van der Waals surface area contributed by atoms with Gasteiger partial charge in [0.25, 0.3) is 5.91 Å². The topological polar surface area (TPSA) is 75.4 Å². The van der Waals surface area contributed by atoms with Crippen LogP contribution in [-0.2, 0) is 4.79 Å². The molecule has 2 amide bonds. The summed E-state index contributed by atoms with van der Waals surface area (Å²) in [6.07, 6.45) is 7.05. The fourth-order valence-corrected chi connectivity index (χ4v) is 3.74. The van der Waals surface area contributed by atoms with Gasteiger partial charge < -0.3 is 16.0 Å². The molecule has 130 valence electrons. The van der Waals surface area contributed by atoms with E-state index in [0.29, 0.717) is 12.0 Å². The van der Waals surface area contributed by atoms with Gasteiger partial charge in [0, 0.05) is 36.8 Å². The number of likely N-dealkylation sites (tertiary alicyclic amines) is 1. The molecule has 1 heterocycles. The Morgan fingerprint density at radius 1 is 1.04 bits per heavy atom. The summed E-state index contributed by atoms with van der Waals surface area (Å²) in [5, 5.41) is 2.93. The SMILES string of the molecule is NC1CCCCC1CC(=O)Nc1ccc(C(=O)N2CCCC2)cc1. The van der Waals surface area contributed by atoms with Gasteiger partial charge in [0.1, 0.15) is 0 Å². The fourth-order valence-electron chi connectivity index (χ4n) is 3.74. The van der Waals surface area contributed by atoms with Crippen LogP contribution in [0.3, 0.4) is 0 Å². The molecule has 5 heteroatoms. The van der Waals surface area contributed by atoms with Gasteiger partial charge in [-0.05, 0) is 55.9 Å². The van der Waals surface area contributed by atoms with Gasteiger partial charge in [0.2, 0.25) is 5.91 Å². The minimum Gasteiger partial charge on any atom is -0.339 e. The van der Waals surface area contributed by atoms with Crippen molar-refractivity contribution in [3.8, 4) is 0 Å². The Hall–Kier alpha value is -1.88. The van der Waals surface area contributed by atoms with Crippen molar-refractivity contribution in [1.29, 1.82) is 0 Å². The van der Waals surface area contributed by atoms with Crippen molar-refractivity contribution in [3.63, 3.8) is 0 Å². The Bertz CT molecular complexity index is 579. The zero-order chi connectivity index (χ0) is 16.9. The average Bonchev–Trinajstić information content (AvgIpc) is 3.11. The van der Waals surface area contributed by atoms with E-state index in [1.54, 1.807) is 12.1 Å². The number of hydrogen-bond donors (Lipinski definition) is 2. The molecule has 0 aromatic heterocycles. The van der Waals surface area contributed by atoms with E-state index in [2.05, 4.69) is 5.32 Å². The van der Waals surface area contributed by atoms with Crippen molar-refractivity contribution in [2.24, 2.45) is 11.7 Å². The van der Waals surface area contributed by atoms with E-state index in [1.165, 1.54) is 12.8 Å². The van der Waals surface area contributed by atoms with Crippen molar-refractivity contribution in [1.82, 2.24) is 4.90 Å². The minimum atomic E-state index is 0.0102. The highest BCUT2D eigenvalue weighted by molar-refractivity contribution is 5.96. The Labute approximate surface area is 143 Å². The monoisotopic (exact) mass is 329 g/mol. The number of amides is 2. The molecule has 1 aromatic rings. The zero-order valence-corrected chi connectivity index (χ0v) is 14.2. The molecule has 3 N–H and O–H groups in total. The standard InChI is InChI=1S/C19H27N3O2/c20-17-6-2-1-5-15(17)13-18(23)21-16-9-7-14(8-10-16)19(24)22-11-3-4-12-22/h7-10,15,17H,1-6,11-13,20H2,(H,21,23). The van der Waals surface area contributed by atoms with Crippen molar-refractivity contribution in [2.75, 3.05) is 18.4 Å². The molecule has 1 aromatic carbocycles. The maximum absolute atomic E-state index is 12.3. The Morgan fingerprint density at radius 2 is 1.71 bits per heavy atom. The Kier molecular flexibility index (Phi) is 5.51. The normalized spacial score (nSPS) is 24.0. The summed E-state index contributed by atoms with van der Waals surface area (Å²) in [5.41, 5.74) is 7.53. The second kappa shape index (κ2) is 7.79. The van der Waals surface area contributed by atoms with Gasteiger partial charge in [-0.3, -0.25) is 9.59 Å². The van der Waals surface area contributed by atoms with Crippen molar-refractivity contribution in [3.05, 3.63) is 29.8 Å². The van der Waals surface area contributed by atoms with Crippen LogP contribution in [0.1, 0.15) is 55.3 Å². The number of hydrogen-bond acceptors (Lipinski definition) is 3.